The van der Waals surface area contributed by atoms with Crippen molar-refractivity contribution in [1.29, 1.82) is 0 Å². The van der Waals surface area contributed by atoms with Gasteiger partial charge in [-0.1, -0.05) is 11.6 Å². The minimum atomic E-state index is 0.215. The predicted octanol–water partition coefficient (Wildman–Crippen LogP) is 2.15. The largest absolute Gasteiger partial charge is 0.396 e. The maximum atomic E-state index is 8.89. The molecule has 15 heavy (non-hydrogen) atoms. The Balaban J connectivity index is 2.25. The fourth-order valence-corrected chi connectivity index (χ4v) is 2.30. The lowest BCUT2D eigenvalue weighted by Gasteiger charge is -2.26. The zero-order valence-electron chi connectivity index (χ0n) is 8.76. The first-order chi connectivity index (χ1) is 7.20. The van der Waals surface area contributed by atoms with Crippen molar-refractivity contribution in [2.45, 2.75) is 32.2 Å². The number of nitrogens with zero attached hydrogens (tertiary/aromatic N) is 1. The number of aliphatic hydroxyl groups excluding tert-OH is 1. The molecule has 1 aromatic rings. The maximum Gasteiger partial charge on any atom is 0.131 e. The van der Waals surface area contributed by atoms with Crippen molar-refractivity contribution >= 4 is 17.4 Å². The van der Waals surface area contributed by atoms with Gasteiger partial charge in [0.25, 0.3) is 0 Å². The molecule has 0 spiro atoms. The molecule has 0 fully saturated rings. The van der Waals surface area contributed by atoms with E-state index in [0.29, 0.717) is 11.2 Å². The maximum absolute atomic E-state index is 8.89. The Morgan fingerprint density at radius 2 is 2.47 bits per heavy atom. The summed E-state index contributed by atoms with van der Waals surface area (Å²) in [6.45, 7) is 2.27. The number of pyridine rings is 1. The summed E-state index contributed by atoms with van der Waals surface area (Å²) in [5.74, 6) is 0.893. The highest BCUT2D eigenvalue weighted by atomic mass is 35.5. The molecule has 1 atom stereocenters. The van der Waals surface area contributed by atoms with Gasteiger partial charge in [0.15, 0.2) is 0 Å². The molecule has 0 unspecified atom stereocenters. The Labute approximate surface area is 94.5 Å². The molecule has 1 aromatic heterocycles. The van der Waals surface area contributed by atoms with Crippen LogP contribution >= 0.6 is 11.6 Å². The van der Waals surface area contributed by atoms with E-state index in [1.165, 1.54) is 11.1 Å². The van der Waals surface area contributed by atoms with Crippen LogP contribution in [0.15, 0.2) is 6.07 Å². The van der Waals surface area contributed by atoms with E-state index in [4.69, 9.17) is 16.7 Å². The van der Waals surface area contributed by atoms with Crippen LogP contribution in [0, 0.1) is 6.92 Å². The first-order valence-corrected chi connectivity index (χ1v) is 5.62. The van der Waals surface area contributed by atoms with Crippen LogP contribution in [0.4, 0.5) is 5.82 Å². The molecule has 2 N–H and O–H groups in total. The molecule has 4 heteroatoms. The van der Waals surface area contributed by atoms with Crippen LogP contribution in [0.25, 0.3) is 0 Å². The van der Waals surface area contributed by atoms with Gasteiger partial charge >= 0.3 is 0 Å². The summed E-state index contributed by atoms with van der Waals surface area (Å²) >= 11 is 5.91. The second-order valence-electron chi connectivity index (χ2n) is 3.98. The summed E-state index contributed by atoms with van der Waals surface area (Å²) in [7, 11) is 0. The SMILES string of the molecule is Cc1cc(Cl)nc2c1CC[C@H](CCO)N2. The minimum absolute atomic E-state index is 0.215. The van der Waals surface area contributed by atoms with Crippen LogP contribution in [0.2, 0.25) is 5.15 Å². The smallest absolute Gasteiger partial charge is 0.131 e. The lowest BCUT2D eigenvalue weighted by molar-refractivity contribution is 0.276. The molecule has 3 nitrogen and oxygen atoms in total. The number of nitrogens with one attached hydrogen (secondary N) is 1. The minimum Gasteiger partial charge on any atom is -0.396 e. The highest BCUT2D eigenvalue weighted by Gasteiger charge is 2.20. The van der Waals surface area contributed by atoms with Gasteiger partial charge in [-0.15, -0.1) is 0 Å². The van der Waals surface area contributed by atoms with Crippen molar-refractivity contribution in [1.82, 2.24) is 4.98 Å². The van der Waals surface area contributed by atoms with E-state index in [9.17, 15) is 0 Å². The van der Waals surface area contributed by atoms with Crippen molar-refractivity contribution in [3.8, 4) is 0 Å². The highest BCUT2D eigenvalue weighted by Crippen LogP contribution is 2.28. The molecule has 0 saturated carbocycles. The summed E-state index contributed by atoms with van der Waals surface area (Å²) in [4.78, 5) is 4.28. The fraction of sp³-hybridized carbons (Fsp3) is 0.545. The van der Waals surface area contributed by atoms with E-state index in [-0.39, 0.29) is 6.61 Å². The van der Waals surface area contributed by atoms with Crippen molar-refractivity contribution in [2.75, 3.05) is 11.9 Å². The molecule has 0 saturated heterocycles. The summed E-state index contributed by atoms with van der Waals surface area (Å²) < 4.78 is 0. The van der Waals surface area contributed by atoms with Crippen LogP contribution in [-0.2, 0) is 6.42 Å². The molecule has 82 valence electrons. The molecule has 0 radical (unpaired) electrons. The Morgan fingerprint density at radius 3 is 3.20 bits per heavy atom. The van der Waals surface area contributed by atoms with Gasteiger partial charge in [0.2, 0.25) is 0 Å². The third-order valence-electron chi connectivity index (χ3n) is 2.88. The Morgan fingerprint density at radius 1 is 1.67 bits per heavy atom. The highest BCUT2D eigenvalue weighted by molar-refractivity contribution is 6.29. The van der Waals surface area contributed by atoms with Gasteiger partial charge in [-0.05, 0) is 43.4 Å². The summed E-state index contributed by atoms with van der Waals surface area (Å²) in [5.41, 5.74) is 2.45. The number of aryl methyl sites for hydroxylation is 1. The van der Waals surface area contributed by atoms with Gasteiger partial charge in [0.05, 0.1) is 0 Å². The molecule has 0 bridgehead atoms. The first-order valence-electron chi connectivity index (χ1n) is 5.24. The van der Waals surface area contributed by atoms with Crippen LogP contribution in [0.3, 0.4) is 0 Å². The number of anilines is 1. The Kier molecular flexibility index (Phi) is 3.12. The molecule has 1 aliphatic heterocycles. The zero-order chi connectivity index (χ0) is 10.8. The third-order valence-corrected chi connectivity index (χ3v) is 3.07. The average molecular weight is 227 g/mol. The standard InChI is InChI=1S/C11H15ClN2O/c1-7-6-10(12)14-11-9(7)3-2-8(13-11)4-5-15/h6,8,15H,2-5H2,1H3,(H,13,14)/t8-/m1/s1. The molecule has 0 aromatic carbocycles. The topological polar surface area (TPSA) is 45.2 Å². The number of rotatable bonds is 2. The number of halogens is 1. The Bertz CT molecular complexity index is 368. The van der Waals surface area contributed by atoms with E-state index < -0.39 is 0 Å². The van der Waals surface area contributed by atoms with E-state index >= 15 is 0 Å². The number of aliphatic hydroxyl groups is 1. The predicted molar refractivity (Wildman–Crippen MR) is 61.4 cm³/mol. The molecule has 1 aliphatic rings. The quantitative estimate of drug-likeness (QED) is 0.760. The van der Waals surface area contributed by atoms with Crippen molar-refractivity contribution < 1.29 is 5.11 Å². The van der Waals surface area contributed by atoms with Gasteiger partial charge in [-0.3, -0.25) is 0 Å². The van der Waals surface area contributed by atoms with E-state index in [2.05, 4.69) is 17.2 Å². The van der Waals surface area contributed by atoms with Gasteiger partial charge in [0.1, 0.15) is 11.0 Å². The molecular formula is C11H15ClN2O. The summed E-state index contributed by atoms with van der Waals surface area (Å²) in [6, 6.07) is 2.22. The zero-order valence-corrected chi connectivity index (χ0v) is 9.51. The number of hydrogen-bond donors (Lipinski definition) is 2. The lowest BCUT2D eigenvalue weighted by atomic mass is 9.96. The molecule has 0 amide bonds. The second kappa shape index (κ2) is 4.37. The number of fused-ring (bicyclic) bond motifs is 1. The van der Waals surface area contributed by atoms with E-state index in [1.807, 2.05) is 6.07 Å². The normalized spacial score (nSPS) is 19.5. The summed E-state index contributed by atoms with van der Waals surface area (Å²) in [5, 5.41) is 12.7. The van der Waals surface area contributed by atoms with Crippen molar-refractivity contribution in [3.63, 3.8) is 0 Å². The second-order valence-corrected chi connectivity index (χ2v) is 4.37. The average Bonchev–Trinajstić information content (AvgIpc) is 2.17. The van der Waals surface area contributed by atoms with Gasteiger partial charge in [-0.2, -0.15) is 0 Å². The first kappa shape index (κ1) is 10.7. The summed E-state index contributed by atoms with van der Waals surface area (Å²) in [6.07, 6.45) is 2.84. The number of hydrogen-bond acceptors (Lipinski definition) is 3. The van der Waals surface area contributed by atoms with Crippen LogP contribution < -0.4 is 5.32 Å². The van der Waals surface area contributed by atoms with Gasteiger partial charge < -0.3 is 10.4 Å². The number of aromatic nitrogens is 1. The van der Waals surface area contributed by atoms with Crippen LogP contribution in [0.5, 0.6) is 0 Å². The van der Waals surface area contributed by atoms with E-state index in [1.54, 1.807) is 0 Å². The van der Waals surface area contributed by atoms with Crippen LogP contribution in [0.1, 0.15) is 24.0 Å². The lowest BCUT2D eigenvalue weighted by Crippen LogP contribution is -2.27. The molecule has 0 aliphatic carbocycles. The molecular weight excluding hydrogens is 212 g/mol. The van der Waals surface area contributed by atoms with Gasteiger partial charge in [-0.25, -0.2) is 4.98 Å². The van der Waals surface area contributed by atoms with Crippen molar-refractivity contribution in [2.24, 2.45) is 0 Å². The van der Waals surface area contributed by atoms with Crippen molar-refractivity contribution in [3.05, 3.63) is 22.3 Å². The van der Waals surface area contributed by atoms with Gasteiger partial charge in [0, 0.05) is 12.6 Å². The Hall–Kier alpha value is -0.800. The molecule has 2 heterocycles. The monoisotopic (exact) mass is 226 g/mol. The van der Waals surface area contributed by atoms with E-state index in [0.717, 1.165) is 25.1 Å². The molecule has 2 rings (SSSR count). The van der Waals surface area contributed by atoms with Crippen LogP contribution in [-0.4, -0.2) is 22.7 Å². The fourth-order valence-electron chi connectivity index (χ4n) is 2.05. The third kappa shape index (κ3) is 2.24.